The summed E-state index contributed by atoms with van der Waals surface area (Å²) in [6, 6.07) is 21.7. The van der Waals surface area contributed by atoms with Crippen molar-refractivity contribution in [3.63, 3.8) is 0 Å². The topological polar surface area (TPSA) is 69.4 Å². The van der Waals surface area contributed by atoms with Crippen molar-refractivity contribution >= 4 is 17.3 Å². The molecule has 1 atom stereocenters. The van der Waals surface area contributed by atoms with Gasteiger partial charge in [-0.3, -0.25) is 9.13 Å². The summed E-state index contributed by atoms with van der Waals surface area (Å²) in [4.78, 5) is 32.4. The van der Waals surface area contributed by atoms with Gasteiger partial charge < -0.3 is 9.64 Å². The molecule has 0 N–H and O–H groups in total. The largest absolute Gasteiger partial charge is 0.444 e. The number of carbonyl (C=O) groups excluding carboxylic acids is 1. The van der Waals surface area contributed by atoms with E-state index in [0.717, 1.165) is 22.3 Å². The van der Waals surface area contributed by atoms with Crippen molar-refractivity contribution in [2.45, 2.75) is 38.8 Å². The zero-order valence-electron chi connectivity index (χ0n) is 19.6. The predicted octanol–water partition coefficient (Wildman–Crippen LogP) is 5.04. The fraction of sp³-hybridized carbons (Fsp3) is 0.296. The average molecular weight is 457 g/mol. The van der Waals surface area contributed by atoms with Crippen molar-refractivity contribution in [1.82, 2.24) is 19.0 Å². The highest BCUT2D eigenvalue weighted by Crippen LogP contribution is 2.27. The summed E-state index contributed by atoms with van der Waals surface area (Å²) < 4.78 is 8.95. The second kappa shape index (κ2) is 8.48. The van der Waals surface area contributed by atoms with Crippen molar-refractivity contribution in [3.8, 4) is 16.8 Å². The van der Waals surface area contributed by atoms with E-state index in [1.54, 1.807) is 20.2 Å². The monoisotopic (exact) mass is 456 g/mol. The molecule has 0 aliphatic carbocycles. The van der Waals surface area contributed by atoms with E-state index in [1.807, 2.05) is 75.4 Å². The third-order valence-corrected chi connectivity index (χ3v) is 6.05. The summed E-state index contributed by atoms with van der Waals surface area (Å²) in [6.07, 6.45) is 2.01. The van der Waals surface area contributed by atoms with Crippen molar-refractivity contribution in [3.05, 3.63) is 83.4 Å². The molecule has 2 aromatic heterocycles. The molecule has 1 aliphatic heterocycles. The summed E-state index contributed by atoms with van der Waals surface area (Å²) in [5.41, 5.74) is 3.64. The number of ether oxygens (including phenoxy) is 1. The maximum absolute atomic E-state index is 13.7. The summed E-state index contributed by atoms with van der Waals surface area (Å²) in [5, 5.41) is 0. The molecule has 0 radical (unpaired) electrons. The average Bonchev–Trinajstić information content (AvgIpc) is 3.41. The Bertz CT molecular complexity index is 1380. The first-order valence-electron chi connectivity index (χ1n) is 11.5. The van der Waals surface area contributed by atoms with Gasteiger partial charge in [-0.1, -0.05) is 42.5 Å². The number of likely N-dealkylation sites (tertiary alicyclic amines) is 1. The lowest BCUT2D eigenvalue weighted by Crippen LogP contribution is -2.36. The van der Waals surface area contributed by atoms with Gasteiger partial charge in [-0.25, -0.2) is 14.6 Å². The van der Waals surface area contributed by atoms with E-state index in [4.69, 9.17) is 4.74 Å². The van der Waals surface area contributed by atoms with Crippen LogP contribution in [0.5, 0.6) is 0 Å². The van der Waals surface area contributed by atoms with E-state index < -0.39 is 5.60 Å². The Morgan fingerprint density at radius 1 is 0.971 bits per heavy atom. The molecule has 1 aliphatic rings. The quantitative estimate of drug-likeness (QED) is 0.433. The van der Waals surface area contributed by atoms with Crippen LogP contribution in [0.4, 0.5) is 4.79 Å². The zero-order valence-corrected chi connectivity index (χ0v) is 19.6. The maximum atomic E-state index is 13.7. The SMILES string of the molecule is CC(C)(C)OC(=O)N1CC[C@H](n2c(=O)n(-c3ccc(-c4ccccc4)cc3)c3cccnc32)C1. The molecule has 3 heterocycles. The van der Waals surface area contributed by atoms with Crippen molar-refractivity contribution < 1.29 is 9.53 Å². The molecule has 5 rings (SSSR count). The Balaban J connectivity index is 1.50. The number of hydrogen-bond donors (Lipinski definition) is 0. The molecule has 1 amide bonds. The maximum Gasteiger partial charge on any atom is 0.410 e. The third-order valence-electron chi connectivity index (χ3n) is 6.05. The molecular formula is C27H28N4O3. The molecule has 7 heteroatoms. The van der Waals surface area contributed by atoms with Crippen molar-refractivity contribution in [2.75, 3.05) is 13.1 Å². The van der Waals surface area contributed by atoms with E-state index in [1.165, 1.54) is 0 Å². The van der Waals surface area contributed by atoms with Crippen LogP contribution >= 0.6 is 0 Å². The van der Waals surface area contributed by atoms with Crippen LogP contribution in [0.2, 0.25) is 0 Å². The normalized spacial score (nSPS) is 16.2. The fourth-order valence-electron chi connectivity index (χ4n) is 4.51. The van der Waals surface area contributed by atoms with E-state index in [2.05, 4.69) is 17.1 Å². The summed E-state index contributed by atoms with van der Waals surface area (Å²) in [5.74, 6) is 0. The molecule has 1 fully saturated rings. The number of nitrogens with zero attached hydrogens (tertiary/aromatic N) is 4. The van der Waals surface area contributed by atoms with Gasteiger partial charge in [0.05, 0.1) is 17.2 Å². The molecule has 0 unspecified atom stereocenters. The molecule has 4 aromatic rings. The Hall–Kier alpha value is -3.87. The first-order valence-corrected chi connectivity index (χ1v) is 11.5. The summed E-state index contributed by atoms with van der Waals surface area (Å²) in [6.45, 7) is 6.51. The number of imidazole rings is 1. The van der Waals surface area contributed by atoms with E-state index >= 15 is 0 Å². The lowest BCUT2D eigenvalue weighted by molar-refractivity contribution is 0.0289. The first kappa shape index (κ1) is 21.9. The molecular weight excluding hydrogens is 428 g/mol. The lowest BCUT2D eigenvalue weighted by atomic mass is 10.1. The van der Waals surface area contributed by atoms with Gasteiger partial charge in [-0.05, 0) is 62.6 Å². The number of amides is 1. The minimum absolute atomic E-state index is 0.155. The summed E-state index contributed by atoms with van der Waals surface area (Å²) in [7, 11) is 0. The van der Waals surface area contributed by atoms with Gasteiger partial charge in [0, 0.05) is 19.3 Å². The van der Waals surface area contributed by atoms with Gasteiger partial charge in [0.15, 0.2) is 5.65 Å². The minimum atomic E-state index is -0.560. The molecule has 1 saturated heterocycles. The molecule has 2 aromatic carbocycles. The van der Waals surface area contributed by atoms with Crippen LogP contribution in [0.15, 0.2) is 77.7 Å². The summed E-state index contributed by atoms with van der Waals surface area (Å²) >= 11 is 0. The van der Waals surface area contributed by atoms with Gasteiger partial charge in [-0.2, -0.15) is 0 Å². The van der Waals surface area contributed by atoms with Gasteiger partial charge in [0.2, 0.25) is 0 Å². The minimum Gasteiger partial charge on any atom is -0.444 e. The number of hydrogen-bond acceptors (Lipinski definition) is 4. The standard InChI is InChI=1S/C27H28N4O3/c1-27(2,3)34-26(33)29-17-15-22(18-29)31-24-23(10-7-16-28-24)30(25(31)32)21-13-11-20(12-14-21)19-8-5-4-6-9-19/h4-14,16,22H,15,17-18H2,1-3H3/t22-/m0/s1. The van der Waals surface area contributed by atoms with Crippen LogP contribution in [0.1, 0.15) is 33.2 Å². The van der Waals surface area contributed by atoms with Crippen LogP contribution < -0.4 is 5.69 Å². The second-order valence-corrected chi connectivity index (χ2v) is 9.62. The highest BCUT2D eigenvalue weighted by atomic mass is 16.6. The number of aromatic nitrogens is 3. The molecule has 0 bridgehead atoms. The van der Waals surface area contributed by atoms with E-state index in [0.29, 0.717) is 25.2 Å². The molecule has 34 heavy (non-hydrogen) atoms. The van der Waals surface area contributed by atoms with E-state index in [-0.39, 0.29) is 17.8 Å². The van der Waals surface area contributed by atoms with Crippen LogP contribution in [0.3, 0.4) is 0 Å². The Kier molecular flexibility index (Phi) is 5.48. The molecule has 7 nitrogen and oxygen atoms in total. The number of rotatable bonds is 3. The lowest BCUT2D eigenvalue weighted by Gasteiger charge is -2.24. The molecule has 0 spiro atoms. The van der Waals surface area contributed by atoms with Crippen LogP contribution in [-0.2, 0) is 4.74 Å². The van der Waals surface area contributed by atoms with Gasteiger partial charge in [0.25, 0.3) is 0 Å². The van der Waals surface area contributed by atoms with Crippen LogP contribution in [0.25, 0.3) is 28.0 Å². The second-order valence-electron chi connectivity index (χ2n) is 9.62. The highest BCUT2D eigenvalue weighted by molar-refractivity contribution is 5.75. The number of benzene rings is 2. The van der Waals surface area contributed by atoms with Crippen molar-refractivity contribution in [2.24, 2.45) is 0 Å². The predicted molar refractivity (Wildman–Crippen MR) is 132 cm³/mol. The van der Waals surface area contributed by atoms with Crippen molar-refractivity contribution in [1.29, 1.82) is 0 Å². The zero-order chi connectivity index (χ0) is 23.9. The van der Waals surface area contributed by atoms with Crippen LogP contribution in [-0.4, -0.2) is 43.8 Å². The first-order chi connectivity index (χ1) is 16.3. The number of fused-ring (bicyclic) bond motifs is 1. The number of pyridine rings is 1. The Morgan fingerprint density at radius 3 is 2.38 bits per heavy atom. The third kappa shape index (κ3) is 4.09. The Labute approximate surface area is 198 Å². The fourth-order valence-corrected chi connectivity index (χ4v) is 4.51. The van der Waals surface area contributed by atoms with Gasteiger partial charge in [-0.15, -0.1) is 0 Å². The van der Waals surface area contributed by atoms with Crippen LogP contribution in [0, 0.1) is 0 Å². The van der Waals surface area contributed by atoms with Gasteiger partial charge >= 0.3 is 11.8 Å². The van der Waals surface area contributed by atoms with E-state index in [9.17, 15) is 9.59 Å². The number of carbonyl (C=O) groups is 1. The smallest absolute Gasteiger partial charge is 0.410 e. The van der Waals surface area contributed by atoms with Gasteiger partial charge in [0.1, 0.15) is 5.60 Å². The Morgan fingerprint density at radius 2 is 1.68 bits per heavy atom. The highest BCUT2D eigenvalue weighted by Gasteiger charge is 2.33. The molecule has 174 valence electrons. The molecule has 0 saturated carbocycles.